The third kappa shape index (κ3) is 3.94. The molecule has 0 aliphatic heterocycles. The Balaban J connectivity index is 1.53. The molecule has 128 valence electrons. The number of amides is 2. The average molecular weight is 328 g/mol. The van der Waals surface area contributed by atoms with Gasteiger partial charge in [-0.15, -0.1) is 0 Å². The molecule has 1 saturated carbocycles. The predicted molar refractivity (Wildman–Crippen MR) is 92.1 cm³/mol. The van der Waals surface area contributed by atoms with Gasteiger partial charge >= 0.3 is 6.03 Å². The van der Waals surface area contributed by atoms with Crippen LogP contribution in [-0.2, 0) is 11.3 Å². The van der Waals surface area contributed by atoms with Crippen LogP contribution >= 0.6 is 0 Å². The molecule has 0 saturated heterocycles. The summed E-state index contributed by atoms with van der Waals surface area (Å²) in [6, 6.07) is 10.0. The molecule has 1 aromatic heterocycles. The van der Waals surface area contributed by atoms with E-state index in [4.69, 9.17) is 4.74 Å². The van der Waals surface area contributed by atoms with Gasteiger partial charge < -0.3 is 15.4 Å². The Morgan fingerprint density at radius 1 is 1.33 bits per heavy atom. The Morgan fingerprint density at radius 2 is 2.12 bits per heavy atom. The monoisotopic (exact) mass is 328 g/mol. The molecule has 24 heavy (non-hydrogen) atoms. The van der Waals surface area contributed by atoms with Gasteiger partial charge in [0.1, 0.15) is 0 Å². The number of ether oxygens (including phenoxy) is 1. The Bertz CT molecular complexity index is 684. The van der Waals surface area contributed by atoms with Gasteiger partial charge in [-0.25, -0.2) is 9.48 Å². The van der Waals surface area contributed by atoms with Gasteiger partial charge in [0, 0.05) is 31.5 Å². The number of benzene rings is 1. The van der Waals surface area contributed by atoms with Gasteiger partial charge in [0.05, 0.1) is 17.5 Å². The van der Waals surface area contributed by atoms with Crippen molar-refractivity contribution in [3.8, 4) is 5.69 Å². The number of nitrogens with one attached hydrogen (secondary N) is 2. The molecular weight excluding hydrogens is 304 g/mol. The van der Waals surface area contributed by atoms with Gasteiger partial charge in [0.2, 0.25) is 0 Å². The normalized spacial score (nSPS) is 20.1. The van der Waals surface area contributed by atoms with Gasteiger partial charge in [0.15, 0.2) is 0 Å². The highest BCUT2D eigenvalue weighted by Gasteiger charge is 2.25. The van der Waals surface area contributed by atoms with E-state index in [1.807, 2.05) is 48.1 Å². The number of aryl methyl sites for hydroxylation is 1. The first-order valence-electron chi connectivity index (χ1n) is 8.33. The summed E-state index contributed by atoms with van der Waals surface area (Å²) in [4.78, 5) is 12.1. The number of nitrogens with zero attached hydrogens (tertiary/aromatic N) is 2. The molecular formula is C18H24N4O2. The van der Waals surface area contributed by atoms with E-state index in [1.165, 1.54) is 0 Å². The highest BCUT2D eigenvalue weighted by molar-refractivity contribution is 5.74. The second kappa shape index (κ2) is 7.49. The van der Waals surface area contributed by atoms with Crippen molar-refractivity contribution in [3.05, 3.63) is 47.8 Å². The van der Waals surface area contributed by atoms with Gasteiger partial charge in [-0.05, 0) is 38.3 Å². The zero-order valence-electron chi connectivity index (χ0n) is 14.2. The summed E-state index contributed by atoms with van der Waals surface area (Å²) in [5.41, 5.74) is 2.93. The molecule has 2 atom stereocenters. The Kier molecular flexibility index (Phi) is 5.15. The number of urea groups is 1. The molecule has 1 aromatic carbocycles. The fraction of sp³-hybridized carbons (Fsp3) is 0.444. The quantitative estimate of drug-likeness (QED) is 0.886. The van der Waals surface area contributed by atoms with Crippen LogP contribution in [0.15, 0.2) is 36.5 Å². The van der Waals surface area contributed by atoms with Crippen molar-refractivity contribution in [3.63, 3.8) is 0 Å². The molecule has 6 nitrogen and oxygen atoms in total. The number of hydrogen-bond acceptors (Lipinski definition) is 3. The zero-order valence-corrected chi connectivity index (χ0v) is 14.2. The van der Waals surface area contributed by atoms with Crippen molar-refractivity contribution >= 4 is 6.03 Å². The molecule has 2 aromatic rings. The van der Waals surface area contributed by atoms with Crippen molar-refractivity contribution in [2.24, 2.45) is 0 Å². The van der Waals surface area contributed by atoms with Crippen molar-refractivity contribution in [1.29, 1.82) is 0 Å². The van der Waals surface area contributed by atoms with E-state index in [9.17, 15) is 4.79 Å². The summed E-state index contributed by atoms with van der Waals surface area (Å²) in [5.74, 6) is 0. The van der Waals surface area contributed by atoms with E-state index < -0.39 is 0 Å². The molecule has 0 bridgehead atoms. The van der Waals surface area contributed by atoms with E-state index in [0.717, 1.165) is 36.2 Å². The highest BCUT2D eigenvalue weighted by Crippen LogP contribution is 2.21. The largest absolute Gasteiger partial charge is 0.381 e. The molecule has 3 rings (SSSR count). The van der Waals surface area contributed by atoms with E-state index in [0.29, 0.717) is 6.54 Å². The Hall–Kier alpha value is -2.34. The summed E-state index contributed by atoms with van der Waals surface area (Å²) < 4.78 is 7.17. The van der Waals surface area contributed by atoms with E-state index >= 15 is 0 Å². The van der Waals surface area contributed by atoms with E-state index in [-0.39, 0.29) is 18.2 Å². The molecule has 0 unspecified atom stereocenters. The van der Waals surface area contributed by atoms with Crippen molar-refractivity contribution in [2.45, 2.75) is 44.9 Å². The van der Waals surface area contributed by atoms with Crippen LogP contribution in [0.3, 0.4) is 0 Å². The number of rotatable bonds is 5. The fourth-order valence-electron chi connectivity index (χ4n) is 3.08. The first kappa shape index (κ1) is 16.5. The highest BCUT2D eigenvalue weighted by atomic mass is 16.5. The lowest BCUT2D eigenvalue weighted by Gasteiger charge is -2.13. The summed E-state index contributed by atoms with van der Waals surface area (Å²) in [7, 11) is 1.72. The van der Waals surface area contributed by atoms with Crippen LogP contribution in [0.1, 0.15) is 30.5 Å². The molecule has 0 spiro atoms. The third-order valence-electron chi connectivity index (χ3n) is 4.51. The van der Waals surface area contributed by atoms with Crippen LogP contribution in [0.25, 0.3) is 5.69 Å². The van der Waals surface area contributed by atoms with Gasteiger partial charge in [-0.2, -0.15) is 5.10 Å². The van der Waals surface area contributed by atoms with Gasteiger partial charge in [-0.3, -0.25) is 0 Å². The minimum absolute atomic E-state index is 0.136. The maximum Gasteiger partial charge on any atom is 0.315 e. The minimum Gasteiger partial charge on any atom is -0.381 e. The van der Waals surface area contributed by atoms with E-state index in [1.54, 1.807) is 7.11 Å². The van der Waals surface area contributed by atoms with Crippen LogP contribution in [0.2, 0.25) is 0 Å². The van der Waals surface area contributed by atoms with Crippen LogP contribution in [0.4, 0.5) is 4.79 Å². The molecule has 1 heterocycles. The number of hydrogen-bond donors (Lipinski definition) is 2. The van der Waals surface area contributed by atoms with Crippen molar-refractivity contribution in [1.82, 2.24) is 20.4 Å². The Labute approximate surface area is 142 Å². The van der Waals surface area contributed by atoms with Crippen LogP contribution in [-0.4, -0.2) is 35.1 Å². The topological polar surface area (TPSA) is 68.2 Å². The van der Waals surface area contributed by atoms with Crippen LogP contribution in [0.5, 0.6) is 0 Å². The van der Waals surface area contributed by atoms with E-state index in [2.05, 4.69) is 15.7 Å². The molecule has 6 heteroatoms. The Morgan fingerprint density at radius 3 is 2.83 bits per heavy atom. The molecule has 2 N–H and O–H groups in total. The predicted octanol–water partition coefficient (Wildman–Crippen LogP) is 2.55. The lowest BCUT2D eigenvalue weighted by Crippen LogP contribution is -2.40. The summed E-state index contributed by atoms with van der Waals surface area (Å²) in [5, 5.41) is 10.4. The first-order valence-corrected chi connectivity index (χ1v) is 8.33. The van der Waals surface area contributed by atoms with Crippen LogP contribution < -0.4 is 10.6 Å². The number of carbonyl (C=O) groups is 1. The summed E-state index contributed by atoms with van der Waals surface area (Å²) in [6.45, 7) is 2.42. The average Bonchev–Trinajstić information content (AvgIpc) is 3.20. The molecule has 2 amide bonds. The molecule has 1 aliphatic carbocycles. The zero-order chi connectivity index (χ0) is 16.9. The summed E-state index contributed by atoms with van der Waals surface area (Å²) >= 11 is 0. The third-order valence-corrected chi connectivity index (χ3v) is 4.51. The maximum absolute atomic E-state index is 12.1. The molecule has 1 aliphatic rings. The number of methoxy groups -OCH3 is 1. The second-order valence-corrected chi connectivity index (χ2v) is 6.21. The van der Waals surface area contributed by atoms with Gasteiger partial charge in [0.25, 0.3) is 0 Å². The van der Waals surface area contributed by atoms with Crippen molar-refractivity contribution in [2.75, 3.05) is 7.11 Å². The molecule has 1 fully saturated rings. The lowest BCUT2D eigenvalue weighted by atomic mass is 10.2. The first-order chi connectivity index (χ1) is 11.7. The smallest absolute Gasteiger partial charge is 0.315 e. The molecule has 0 radical (unpaired) electrons. The SMILES string of the molecule is CO[C@@H]1CC[C@@H](NC(=O)NCc2cn(-c3ccccc3)nc2C)C1. The maximum atomic E-state index is 12.1. The fourth-order valence-corrected chi connectivity index (χ4v) is 3.08. The lowest BCUT2D eigenvalue weighted by molar-refractivity contribution is 0.107. The number of aromatic nitrogens is 2. The van der Waals surface area contributed by atoms with Gasteiger partial charge in [-0.1, -0.05) is 18.2 Å². The number of para-hydroxylation sites is 1. The summed E-state index contributed by atoms with van der Waals surface area (Å²) in [6.07, 6.45) is 5.08. The number of carbonyl (C=O) groups excluding carboxylic acids is 1. The minimum atomic E-state index is -0.136. The van der Waals surface area contributed by atoms with Crippen molar-refractivity contribution < 1.29 is 9.53 Å². The standard InChI is InChI=1S/C18H24N4O2/c1-13-14(12-22(21-13)16-6-4-3-5-7-16)11-19-18(23)20-15-8-9-17(10-15)24-2/h3-7,12,15,17H,8-11H2,1-2H3,(H2,19,20,23)/t15-,17-/m1/s1. The second-order valence-electron chi connectivity index (χ2n) is 6.21. The van der Waals surface area contributed by atoms with Crippen LogP contribution in [0, 0.1) is 6.92 Å².